The zero-order chi connectivity index (χ0) is 14.6. The molecule has 100 valence electrons. The molecule has 0 bridgehead atoms. The highest BCUT2D eigenvalue weighted by Gasteiger charge is 2.28. The van der Waals surface area contributed by atoms with Crippen LogP contribution in [0.3, 0.4) is 0 Å². The number of nitriles is 1. The van der Waals surface area contributed by atoms with Crippen LogP contribution in [0.4, 0.5) is 14.5 Å². The van der Waals surface area contributed by atoms with Crippen molar-refractivity contribution in [3.8, 4) is 6.07 Å². The van der Waals surface area contributed by atoms with Gasteiger partial charge in [-0.25, -0.2) is 13.6 Å². The molecule has 0 heterocycles. The molecule has 0 atom stereocenters. The molecule has 0 aliphatic carbocycles. The zero-order valence-electron chi connectivity index (χ0n) is 9.72. The maximum atomic E-state index is 12.6. The Kier molecular flexibility index (Phi) is 4.47. The number of hydrogen-bond acceptors (Lipinski definition) is 5. The minimum absolute atomic E-state index is 0.0726. The SMILES string of the molecule is CCOC(=O)c1cc(C(F)F)cc(C#N)c1[N+](=O)[O-]. The van der Waals surface area contributed by atoms with Crippen LogP contribution in [0.5, 0.6) is 0 Å². The molecule has 0 fully saturated rings. The van der Waals surface area contributed by atoms with E-state index in [1.807, 2.05) is 0 Å². The summed E-state index contributed by atoms with van der Waals surface area (Å²) in [5.41, 5.74) is -2.73. The normalized spacial score (nSPS) is 10.1. The Labute approximate surface area is 106 Å². The lowest BCUT2D eigenvalue weighted by atomic mass is 10.0. The van der Waals surface area contributed by atoms with Gasteiger partial charge in [0, 0.05) is 5.56 Å². The van der Waals surface area contributed by atoms with Crippen LogP contribution in [0.15, 0.2) is 12.1 Å². The summed E-state index contributed by atoms with van der Waals surface area (Å²) in [5.74, 6) is -1.12. The molecular weight excluding hydrogens is 262 g/mol. The number of halogens is 2. The van der Waals surface area contributed by atoms with Crippen LogP contribution in [-0.4, -0.2) is 17.5 Å². The smallest absolute Gasteiger partial charge is 0.345 e. The number of nitro groups is 1. The van der Waals surface area contributed by atoms with E-state index in [0.29, 0.717) is 12.1 Å². The number of nitro benzene ring substituents is 1. The van der Waals surface area contributed by atoms with Crippen molar-refractivity contribution in [3.05, 3.63) is 38.9 Å². The first-order valence-electron chi connectivity index (χ1n) is 5.10. The number of alkyl halides is 2. The van der Waals surface area contributed by atoms with Crippen molar-refractivity contribution in [1.82, 2.24) is 0 Å². The van der Waals surface area contributed by atoms with Crippen LogP contribution in [0.25, 0.3) is 0 Å². The van der Waals surface area contributed by atoms with Gasteiger partial charge in [-0.3, -0.25) is 10.1 Å². The summed E-state index contributed by atoms with van der Waals surface area (Å²) in [7, 11) is 0. The maximum absolute atomic E-state index is 12.6. The number of rotatable bonds is 4. The van der Waals surface area contributed by atoms with Gasteiger partial charge < -0.3 is 4.74 Å². The number of benzene rings is 1. The van der Waals surface area contributed by atoms with E-state index in [2.05, 4.69) is 4.74 Å². The summed E-state index contributed by atoms with van der Waals surface area (Å²) in [4.78, 5) is 21.4. The molecule has 19 heavy (non-hydrogen) atoms. The molecule has 6 nitrogen and oxygen atoms in total. The van der Waals surface area contributed by atoms with E-state index >= 15 is 0 Å². The van der Waals surface area contributed by atoms with E-state index in [1.54, 1.807) is 0 Å². The second kappa shape index (κ2) is 5.86. The minimum atomic E-state index is -2.96. The average molecular weight is 270 g/mol. The minimum Gasteiger partial charge on any atom is -0.462 e. The van der Waals surface area contributed by atoms with E-state index in [0.717, 1.165) is 0 Å². The Morgan fingerprint density at radius 3 is 2.63 bits per heavy atom. The van der Waals surface area contributed by atoms with Gasteiger partial charge in [-0.2, -0.15) is 5.26 Å². The van der Waals surface area contributed by atoms with Crippen molar-refractivity contribution in [2.45, 2.75) is 13.3 Å². The predicted octanol–water partition coefficient (Wildman–Crippen LogP) is 2.58. The summed E-state index contributed by atoms with van der Waals surface area (Å²) in [5, 5.41) is 19.6. The second-order valence-electron chi connectivity index (χ2n) is 3.35. The van der Waals surface area contributed by atoms with Crippen molar-refractivity contribution in [2.75, 3.05) is 6.61 Å². The van der Waals surface area contributed by atoms with Crippen LogP contribution in [0, 0.1) is 21.4 Å². The lowest BCUT2D eigenvalue weighted by molar-refractivity contribution is -0.385. The van der Waals surface area contributed by atoms with Crippen LogP contribution >= 0.6 is 0 Å². The molecule has 0 saturated heterocycles. The molecule has 0 unspecified atom stereocenters. The molecule has 0 amide bonds. The molecule has 0 aliphatic heterocycles. The van der Waals surface area contributed by atoms with Crippen molar-refractivity contribution in [1.29, 1.82) is 5.26 Å². The molecular formula is C11H8F2N2O4. The summed E-state index contributed by atoms with van der Waals surface area (Å²) in [6.07, 6.45) is -2.96. The van der Waals surface area contributed by atoms with E-state index in [4.69, 9.17) is 5.26 Å². The van der Waals surface area contributed by atoms with Gasteiger partial charge in [0.2, 0.25) is 0 Å². The fraction of sp³-hybridized carbons (Fsp3) is 0.273. The van der Waals surface area contributed by atoms with E-state index in [1.165, 1.54) is 13.0 Å². The predicted molar refractivity (Wildman–Crippen MR) is 58.7 cm³/mol. The fourth-order valence-electron chi connectivity index (χ4n) is 1.43. The van der Waals surface area contributed by atoms with Gasteiger partial charge >= 0.3 is 11.7 Å². The summed E-state index contributed by atoms with van der Waals surface area (Å²) < 4.78 is 29.8. The number of esters is 1. The van der Waals surface area contributed by atoms with Crippen molar-refractivity contribution in [2.24, 2.45) is 0 Å². The maximum Gasteiger partial charge on any atom is 0.345 e. The number of nitrogens with zero attached hydrogens (tertiary/aromatic N) is 2. The molecule has 1 aromatic rings. The van der Waals surface area contributed by atoms with Gasteiger partial charge in [-0.05, 0) is 19.1 Å². The molecule has 0 aromatic heterocycles. The first kappa shape index (κ1) is 14.5. The zero-order valence-corrected chi connectivity index (χ0v) is 9.72. The molecule has 1 rings (SSSR count). The first-order chi connectivity index (χ1) is 8.92. The Bertz CT molecular complexity index is 567. The third kappa shape index (κ3) is 3.01. The standard InChI is InChI=1S/C11H8F2N2O4/c1-2-19-11(16)8-4-6(10(12)13)3-7(5-14)9(8)15(17)18/h3-4,10H,2H2,1H3. The Morgan fingerprint density at radius 2 is 2.21 bits per heavy atom. The highest BCUT2D eigenvalue weighted by atomic mass is 19.3. The monoisotopic (exact) mass is 270 g/mol. The molecule has 0 spiro atoms. The summed E-state index contributed by atoms with van der Waals surface area (Å²) >= 11 is 0. The van der Waals surface area contributed by atoms with Gasteiger partial charge in [-0.15, -0.1) is 0 Å². The summed E-state index contributed by atoms with van der Waals surface area (Å²) in [6.45, 7) is 1.39. The molecule has 0 saturated carbocycles. The van der Waals surface area contributed by atoms with Crippen molar-refractivity contribution >= 4 is 11.7 Å². The van der Waals surface area contributed by atoms with Crippen molar-refractivity contribution in [3.63, 3.8) is 0 Å². The van der Waals surface area contributed by atoms with Crippen LogP contribution < -0.4 is 0 Å². The molecule has 0 aliphatic rings. The third-order valence-electron chi connectivity index (χ3n) is 2.18. The lowest BCUT2D eigenvalue weighted by Gasteiger charge is -2.07. The lowest BCUT2D eigenvalue weighted by Crippen LogP contribution is -2.10. The van der Waals surface area contributed by atoms with Crippen LogP contribution in [-0.2, 0) is 4.74 Å². The summed E-state index contributed by atoms with van der Waals surface area (Å²) in [6, 6.07) is 2.78. The van der Waals surface area contributed by atoms with Gasteiger partial charge in [0.05, 0.1) is 11.5 Å². The van der Waals surface area contributed by atoms with E-state index in [-0.39, 0.29) is 6.61 Å². The quantitative estimate of drug-likeness (QED) is 0.476. The van der Waals surface area contributed by atoms with Gasteiger partial charge in [-0.1, -0.05) is 0 Å². The number of carbonyl (C=O) groups excluding carboxylic acids is 1. The average Bonchev–Trinajstić information content (AvgIpc) is 2.36. The first-order valence-corrected chi connectivity index (χ1v) is 5.10. The van der Waals surface area contributed by atoms with Gasteiger partial charge in [0.1, 0.15) is 17.2 Å². The topological polar surface area (TPSA) is 93.2 Å². The molecule has 0 radical (unpaired) electrons. The largest absolute Gasteiger partial charge is 0.462 e. The highest BCUT2D eigenvalue weighted by Crippen LogP contribution is 2.30. The molecule has 1 aromatic carbocycles. The fourth-order valence-corrected chi connectivity index (χ4v) is 1.43. The van der Waals surface area contributed by atoms with E-state index < -0.39 is 39.7 Å². The number of carbonyl (C=O) groups is 1. The number of hydrogen-bond donors (Lipinski definition) is 0. The molecule has 8 heteroatoms. The van der Waals surface area contributed by atoms with E-state index in [9.17, 15) is 23.7 Å². The van der Waals surface area contributed by atoms with Crippen molar-refractivity contribution < 1.29 is 23.2 Å². The van der Waals surface area contributed by atoms with Crippen LogP contribution in [0.1, 0.15) is 34.8 Å². The Hall–Kier alpha value is -2.56. The Morgan fingerprint density at radius 1 is 1.58 bits per heavy atom. The van der Waals surface area contributed by atoms with Gasteiger partial charge in [0.25, 0.3) is 6.43 Å². The van der Waals surface area contributed by atoms with Gasteiger partial charge in [0.15, 0.2) is 0 Å². The number of ether oxygens (including phenoxy) is 1. The highest BCUT2D eigenvalue weighted by molar-refractivity contribution is 5.95. The Balaban J connectivity index is 3.56. The van der Waals surface area contributed by atoms with Crippen LogP contribution in [0.2, 0.25) is 0 Å². The third-order valence-corrected chi connectivity index (χ3v) is 2.18. The molecule has 0 N–H and O–H groups in total. The second-order valence-corrected chi connectivity index (χ2v) is 3.35.